The number of fused-ring (bicyclic) bond motifs is 1. The quantitative estimate of drug-likeness (QED) is 0.407. The first-order valence-electron chi connectivity index (χ1n) is 8.78. The summed E-state index contributed by atoms with van der Waals surface area (Å²) in [7, 11) is 0. The highest BCUT2D eigenvalue weighted by Crippen LogP contribution is 2.34. The monoisotopic (exact) mass is 371 g/mol. The highest BCUT2D eigenvalue weighted by molar-refractivity contribution is 5.98. The molecule has 0 aliphatic rings. The molecule has 0 aliphatic heterocycles. The molecule has 0 amide bonds. The molecule has 4 rings (SSSR count). The van der Waals surface area contributed by atoms with Gasteiger partial charge in [0.2, 0.25) is 0 Å². The van der Waals surface area contributed by atoms with Crippen LogP contribution in [0.1, 0.15) is 5.56 Å². The normalized spacial score (nSPS) is 10.8. The fourth-order valence-corrected chi connectivity index (χ4v) is 3.31. The van der Waals surface area contributed by atoms with E-state index < -0.39 is 16.2 Å². The van der Waals surface area contributed by atoms with Gasteiger partial charge in [-0.05, 0) is 36.8 Å². The zero-order chi connectivity index (χ0) is 19.7. The van der Waals surface area contributed by atoms with Crippen molar-refractivity contribution in [1.82, 2.24) is 4.57 Å². The zero-order valence-electron chi connectivity index (χ0n) is 15.1. The topological polar surface area (TPSA) is 77.2 Å². The van der Waals surface area contributed by atoms with E-state index in [2.05, 4.69) is 5.32 Å². The smallest absolute Gasteiger partial charge is 0.349 e. The second-order valence-corrected chi connectivity index (χ2v) is 6.41. The lowest BCUT2D eigenvalue weighted by Crippen LogP contribution is -2.23. The van der Waals surface area contributed by atoms with Crippen molar-refractivity contribution in [3.8, 4) is 5.69 Å². The van der Waals surface area contributed by atoms with Gasteiger partial charge in [0.05, 0.1) is 10.4 Å². The minimum atomic E-state index is -0.675. The Morgan fingerprint density at radius 3 is 2.25 bits per heavy atom. The van der Waals surface area contributed by atoms with Crippen LogP contribution in [0.15, 0.2) is 83.7 Å². The summed E-state index contributed by atoms with van der Waals surface area (Å²) in [5, 5.41) is 15.6. The summed E-state index contributed by atoms with van der Waals surface area (Å²) in [5.74, 6) is 0. The molecule has 138 valence electrons. The van der Waals surface area contributed by atoms with Crippen molar-refractivity contribution >= 4 is 28.0 Å². The molecule has 4 aromatic rings. The highest BCUT2D eigenvalue weighted by atomic mass is 16.6. The van der Waals surface area contributed by atoms with E-state index in [1.54, 1.807) is 42.5 Å². The first-order valence-corrected chi connectivity index (χ1v) is 8.78. The van der Waals surface area contributed by atoms with Gasteiger partial charge in [-0.15, -0.1) is 0 Å². The summed E-state index contributed by atoms with van der Waals surface area (Å²) >= 11 is 0. The molecule has 1 heterocycles. The Morgan fingerprint density at radius 1 is 0.893 bits per heavy atom. The number of pyridine rings is 1. The fourth-order valence-electron chi connectivity index (χ4n) is 3.31. The van der Waals surface area contributed by atoms with Crippen LogP contribution in [0.2, 0.25) is 0 Å². The molecule has 6 heteroatoms. The summed E-state index contributed by atoms with van der Waals surface area (Å²) < 4.78 is 1.39. The predicted octanol–water partition coefficient (Wildman–Crippen LogP) is 4.95. The third-order valence-electron chi connectivity index (χ3n) is 4.66. The van der Waals surface area contributed by atoms with Gasteiger partial charge in [0.25, 0.3) is 0 Å². The number of aryl methyl sites for hydroxylation is 1. The number of hydrogen-bond donors (Lipinski definition) is 1. The summed E-state index contributed by atoms with van der Waals surface area (Å²) in [6.07, 6.45) is 0. The van der Waals surface area contributed by atoms with Crippen molar-refractivity contribution < 1.29 is 4.92 Å². The molecule has 0 unspecified atom stereocenters. The maximum absolute atomic E-state index is 13.2. The van der Waals surface area contributed by atoms with Crippen LogP contribution in [0.25, 0.3) is 16.6 Å². The van der Waals surface area contributed by atoms with Crippen molar-refractivity contribution in [2.75, 3.05) is 5.32 Å². The number of anilines is 2. The van der Waals surface area contributed by atoms with Gasteiger partial charge in [0.1, 0.15) is 5.69 Å². The maximum atomic E-state index is 13.2. The van der Waals surface area contributed by atoms with Gasteiger partial charge in [-0.25, -0.2) is 0 Å². The van der Waals surface area contributed by atoms with Crippen LogP contribution in [-0.2, 0) is 0 Å². The van der Waals surface area contributed by atoms with Crippen molar-refractivity contribution in [3.63, 3.8) is 0 Å². The maximum Gasteiger partial charge on any atom is 0.358 e. The van der Waals surface area contributed by atoms with Crippen LogP contribution >= 0.6 is 0 Å². The third-order valence-corrected chi connectivity index (χ3v) is 4.66. The molecule has 0 bridgehead atoms. The van der Waals surface area contributed by atoms with Crippen molar-refractivity contribution in [2.24, 2.45) is 0 Å². The summed E-state index contributed by atoms with van der Waals surface area (Å²) in [6, 6.07) is 23.6. The Morgan fingerprint density at radius 2 is 1.54 bits per heavy atom. The Hall–Kier alpha value is -3.93. The van der Waals surface area contributed by atoms with Crippen LogP contribution in [0.3, 0.4) is 0 Å². The van der Waals surface area contributed by atoms with Crippen LogP contribution in [0, 0.1) is 17.0 Å². The second-order valence-electron chi connectivity index (χ2n) is 6.41. The number of benzene rings is 3. The summed E-state index contributed by atoms with van der Waals surface area (Å²) in [6.45, 7) is 1.90. The minimum Gasteiger partial charge on any atom is -0.349 e. The first-order chi connectivity index (χ1) is 13.6. The Labute approximate surface area is 160 Å². The Bertz CT molecular complexity index is 1250. The van der Waals surface area contributed by atoms with Gasteiger partial charge in [0.15, 0.2) is 0 Å². The number of nitrogens with one attached hydrogen (secondary N) is 1. The van der Waals surface area contributed by atoms with Crippen molar-refractivity contribution in [2.45, 2.75) is 6.92 Å². The van der Waals surface area contributed by atoms with Gasteiger partial charge in [-0.1, -0.05) is 54.6 Å². The largest absolute Gasteiger partial charge is 0.358 e. The molecule has 3 aromatic carbocycles. The molecule has 0 spiro atoms. The van der Waals surface area contributed by atoms with Gasteiger partial charge < -0.3 is 5.32 Å². The number of aromatic nitrogens is 1. The number of nitro groups is 1. The molecule has 1 aromatic heterocycles. The zero-order valence-corrected chi connectivity index (χ0v) is 15.1. The molecular formula is C22H17N3O3. The molecule has 6 nitrogen and oxygen atoms in total. The van der Waals surface area contributed by atoms with Crippen molar-refractivity contribution in [3.05, 3.63) is 105 Å². The Kier molecular flexibility index (Phi) is 4.37. The lowest BCUT2D eigenvalue weighted by Gasteiger charge is -2.16. The van der Waals surface area contributed by atoms with Crippen LogP contribution in [0.5, 0.6) is 0 Å². The number of para-hydroxylation sites is 3. The van der Waals surface area contributed by atoms with Crippen molar-refractivity contribution in [1.29, 1.82) is 0 Å². The average Bonchev–Trinajstić information content (AvgIpc) is 2.70. The van der Waals surface area contributed by atoms with E-state index >= 15 is 0 Å². The standard InChI is InChI=1S/C22H17N3O3/c1-15-9-5-7-13-18(15)23-20-17-12-6-8-14-19(17)24(16-10-3-2-4-11-16)22(26)21(20)25(27)28/h2-14,23H,1H3. The molecule has 0 aliphatic carbocycles. The third kappa shape index (κ3) is 2.91. The van der Waals surface area contributed by atoms with Crippen LogP contribution in [-0.4, -0.2) is 9.49 Å². The molecule has 0 radical (unpaired) electrons. The minimum absolute atomic E-state index is 0.201. The fraction of sp³-hybridized carbons (Fsp3) is 0.0455. The average molecular weight is 371 g/mol. The van der Waals surface area contributed by atoms with Gasteiger partial charge in [-0.2, -0.15) is 0 Å². The Balaban J connectivity index is 2.09. The molecule has 0 saturated carbocycles. The van der Waals surface area contributed by atoms with Gasteiger partial charge in [-0.3, -0.25) is 19.5 Å². The highest BCUT2D eigenvalue weighted by Gasteiger charge is 2.26. The van der Waals surface area contributed by atoms with E-state index in [0.29, 0.717) is 22.3 Å². The van der Waals surface area contributed by atoms with Gasteiger partial charge in [0, 0.05) is 16.8 Å². The summed E-state index contributed by atoms with van der Waals surface area (Å²) in [5.41, 5.74) is 1.86. The molecule has 0 saturated heterocycles. The van der Waals surface area contributed by atoms with Crippen LogP contribution in [0.4, 0.5) is 17.1 Å². The van der Waals surface area contributed by atoms with E-state index in [1.165, 1.54) is 4.57 Å². The second kappa shape index (κ2) is 7.00. The van der Waals surface area contributed by atoms with E-state index in [-0.39, 0.29) is 5.69 Å². The number of hydrogen-bond acceptors (Lipinski definition) is 4. The van der Waals surface area contributed by atoms with E-state index in [0.717, 1.165) is 5.56 Å². The van der Waals surface area contributed by atoms with Crippen LogP contribution < -0.4 is 10.9 Å². The lowest BCUT2D eigenvalue weighted by atomic mass is 10.1. The van der Waals surface area contributed by atoms with E-state index in [9.17, 15) is 14.9 Å². The lowest BCUT2D eigenvalue weighted by molar-refractivity contribution is -0.385. The van der Waals surface area contributed by atoms with E-state index in [4.69, 9.17) is 0 Å². The summed E-state index contributed by atoms with van der Waals surface area (Å²) in [4.78, 5) is 24.5. The molecule has 1 N–H and O–H groups in total. The van der Waals surface area contributed by atoms with Gasteiger partial charge >= 0.3 is 11.2 Å². The predicted molar refractivity (Wildman–Crippen MR) is 111 cm³/mol. The molecular weight excluding hydrogens is 354 g/mol. The van der Waals surface area contributed by atoms with E-state index in [1.807, 2.05) is 43.3 Å². The SMILES string of the molecule is Cc1ccccc1Nc1c([N+](=O)[O-])c(=O)n(-c2ccccc2)c2ccccc12. The first kappa shape index (κ1) is 17.5. The number of rotatable bonds is 4. The molecule has 0 fully saturated rings. The number of nitrogens with zero attached hydrogens (tertiary/aromatic N) is 2. The molecule has 0 atom stereocenters. The molecule has 28 heavy (non-hydrogen) atoms.